The van der Waals surface area contributed by atoms with Crippen LogP contribution >= 0.6 is 23.4 Å². The molecule has 2 atom stereocenters. The van der Waals surface area contributed by atoms with Crippen molar-refractivity contribution in [2.24, 2.45) is 10.9 Å². The van der Waals surface area contributed by atoms with Gasteiger partial charge in [0.2, 0.25) is 5.91 Å². The van der Waals surface area contributed by atoms with Crippen LogP contribution < -0.4 is 4.90 Å². The number of amidine groups is 1. The third kappa shape index (κ3) is 4.20. The van der Waals surface area contributed by atoms with Crippen LogP contribution in [0.4, 0.5) is 5.69 Å². The van der Waals surface area contributed by atoms with E-state index in [1.165, 1.54) is 37.4 Å². The van der Waals surface area contributed by atoms with Crippen molar-refractivity contribution in [3.8, 4) is 0 Å². The van der Waals surface area contributed by atoms with Crippen LogP contribution in [-0.2, 0) is 14.6 Å². The van der Waals surface area contributed by atoms with E-state index in [4.69, 9.17) is 11.6 Å². The van der Waals surface area contributed by atoms with Gasteiger partial charge in [-0.25, -0.2) is 8.42 Å². The SMILES string of the molecule is O=C(CCC1CCCC1)N=C1S[C@H]2CS(=O)(=O)C[C@H]2N1c1ccccc1Cl. The van der Waals surface area contributed by atoms with Gasteiger partial charge in [0.25, 0.3) is 0 Å². The minimum Gasteiger partial charge on any atom is -0.314 e. The van der Waals surface area contributed by atoms with E-state index in [0.717, 1.165) is 12.1 Å². The fourth-order valence-electron chi connectivity index (χ4n) is 4.28. The molecule has 2 aliphatic heterocycles. The molecule has 1 saturated carbocycles. The Bertz CT molecular complexity index is 865. The molecule has 0 unspecified atom stereocenters. The summed E-state index contributed by atoms with van der Waals surface area (Å²) >= 11 is 7.77. The first kappa shape index (κ1) is 19.3. The Kier molecular flexibility index (Phi) is 5.54. The van der Waals surface area contributed by atoms with E-state index >= 15 is 0 Å². The second kappa shape index (κ2) is 7.76. The van der Waals surface area contributed by atoms with Gasteiger partial charge in [-0.2, -0.15) is 4.99 Å². The van der Waals surface area contributed by atoms with Crippen LogP contribution in [-0.4, -0.2) is 42.3 Å². The molecule has 2 heterocycles. The number of amides is 1. The molecule has 2 saturated heterocycles. The standard InChI is InChI=1S/C19H23ClN2O3S2/c20-14-7-3-4-8-15(14)22-16-11-27(24,25)12-17(16)26-19(22)21-18(23)10-9-13-5-1-2-6-13/h3-4,7-8,13,16-17H,1-2,5-6,9-12H2/t16-,17+/m1/s1. The lowest BCUT2D eigenvalue weighted by Crippen LogP contribution is -2.37. The first-order valence-corrected chi connectivity index (χ1v) is 12.5. The van der Waals surface area contributed by atoms with Gasteiger partial charge in [-0.05, 0) is 24.5 Å². The summed E-state index contributed by atoms with van der Waals surface area (Å²) in [5, 5.41) is 1.02. The normalized spacial score (nSPS) is 28.8. The summed E-state index contributed by atoms with van der Waals surface area (Å²) in [6.45, 7) is 0. The molecule has 1 aromatic rings. The third-order valence-corrected chi connectivity index (χ3v) is 9.17. The largest absolute Gasteiger partial charge is 0.314 e. The van der Waals surface area contributed by atoms with Crippen LogP contribution in [0.25, 0.3) is 0 Å². The van der Waals surface area contributed by atoms with E-state index in [1.807, 2.05) is 23.1 Å². The van der Waals surface area contributed by atoms with Crippen molar-refractivity contribution in [2.75, 3.05) is 16.4 Å². The molecule has 0 aromatic heterocycles. The predicted octanol–water partition coefficient (Wildman–Crippen LogP) is 3.91. The van der Waals surface area contributed by atoms with E-state index in [0.29, 0.717) is 22.5 Å². The van der Waals surface area contributed by atoms with Crippen molar-refractivity contribution in [2.45, 2.75) is 49.8 Å². The molecule has 146 valence electrons. The third-order valence-electron chi connectivity index (χ3n) is 5.64. The van der Waals surface area contributed by atoms with Crippen LogP contribution in [0.5, 0.6) is 0 Å². The van der Waals surface area contributed by atoms with Gasteiger partial charge in [0, 0.05) is 11.7 Å². The molecule has 5 nitrogen and oxygen atoms in total. The number of anilines is 1. The molecule has 27 heavy (non-hydrogen) atoms. The van der Waals surface area contributed by atoms with E-state index in [1.54, 1.807) is 6.07 Å². The highest BCUT2D eigenvalue weighted by molar-refractivity contribution is 8.16. The Morgan fingerprint density at radius 3 is 2.70 bits per heavy atom. The number of nitrogens with zero attached hydrogens (tertiary/aromatic N) is 2. The molecule has 0 bridgehead atoms. The van der Waals surface area contributed by atoms with Gasteiger partial charge in [0.05, 0.1) is 28.3 Å². The van der Waals surface area contributed by atoms with Gasteiger partial charge >= 0.3 is 0 Å². The summed E-state index contributed by atoms with van der Waals surface area (Å²) in [5.41, 5.74) is 0.721. The fraction of sp³-hybridized carbons (Fsp3) is 0.579. The quantitative estimate of drug-likeness (QED) is 0.730. The zero-order chi connectivity index (χ0) is 19.0. The highest BCUT2D eigenvalue weighted by atomic mass is 35.5. The minimum absolute atomic E-state index is 0.0746. The molecule has 3 fully saturated rings. The Morgan fingerprint density at radius 2 is 1.96 bits per heavy atom. The highest BCUT2D eigenvalue weighted by Gasteiger charge is 2.49. The second-order valence-electron chi connectivity index (χ2n) is 7.60. The predicted molar refractivity (Wildman–Crippen MR) is 111 cm³/mol. The molecular weight excluding hydrogens is 404 g/mol. The van der Waals surface area contributed by atoms with Gasteiger partial charge in [-0.3, -0.25) is 4.79 Å². The van der Waals surface area contributed by atoms with Gasteiger partial charge in [0.15, 0.2) is 15.0 Å². The van der Waals surface area contributed by atoms with Crippen molar-refractivity contribution >= 4 is 50.0 Å². The van der Waals surface area contributed by atoms with E-state index in [2.05, 4.69) is 4.99 Å². The maximum Gasteiger partial charge on any atom is 0.248 e. The lowest BCUT2D eigenvalue weighted by Gasteiger charge is -2.25. The molecular formula is C19H23ClN2O3S2. The number of hydrogen-bond acceptors (Lipinski definition) is 4. The number of hydrogen-bond donors (Lipinski definition) is 0. The van der Waals surface area contributed by atoms with Crippen molar-refractivity contribution in [1.82, 2.24) is 0 Å². The minimum atomic E-state index is -3.08. The van der Waals surface area contributed by atoms with Crippen molar-refractivity contribution in [3.63, 3.8) is 0 Å². The maximum atomic E-state index is 12.5. The molecule has 8 heteroatoms. The smallest absolute Gasteiger partial charge is 0.248 e. The number of carbonyl (C=O) groups is 1. The summed E-state index contributed by atoms with van der Waals surface area (Å²) in [5.74, 6) is 0.725. The number of halogens is 1. The van der Waals surface area contributed by atoms with Gasteiger partial charge in [0.1, 0.15) is 0 Å². The van der Waals surface area contributed by atoms with Gasteiger partial charge in [-0.1, -0.05) is 61.2 Å². The molecule has 3 aliphatic rings. The first-order valence-electron chi connectivity index (χ1n) is 9.45. The summed E-state index contributed by atoms with van der Waals surface area (Å²) in [7, 11) is -3.08. The lowest BCUT2D eigenvalue weighted by atomic mass is 10.0. The number of aliphatic imine (C=N–C) groups is 1. The molecule has 1 aromatic carbocycles. The summed E-state index contributed by atoms with van der Waals surface area (Å²) in [6, 6.07) is 7.11. The fourth-order valence-corrected chi connectivity index (χ4v) is 8.43. The molecule has 1 aliphatic carbocycles. The number of thioether (sulfide) groups is 1. The Balaban J connectivity index is 1.57. The van der Waals surface area contributed by atoms with Crippen LogP contribution in [0, 0.1) is 5.92 Å². The summed E-state index contributed by atoms with van der Waals surface area (Å²) in [4.78, 5) is 18.7. The van der Waals surface area contributed by atoms with Crippen molar-refractivity contribution < 1.29 is 13.2 Å². The average molecular weight is 427 g/mol. The Labute approximate surface area is 169 Å². The number of carbonyl (C=O) groups excluding carboxylic acids is 1. The molecule has 4 rings (SSSR count). The van der Waals surface area contributed by atoms with E-state index in [-0.39, 0.29) is 28.7 Å². The van der Waals surface area contributed by atoms with E-state index in [9.17, 15) is 13.2 Å². The number of rotatable bonds is 4. The Hall–Kier alpha value is -1.05. The first-order chi connectivity index (χ1) is 12.9. The monoisotopic (exact) mass is 426 g/mol. The summed E-state index contributed by atoms with van der Waals surface area (Å²) < 4.78 is 24.2. The second-order valence-corrected chi connectivity index (χ2v) is 11.4. The average Bonchev–Trinajstić information content (AvgIpc) is 3.29. The Morgan fingerprint density at radius 1 is 1.22 bits per heavy atom. The van der Waals surface area contributed by atoms with Gasteiger partial charge < -0.3 is 4.90 Å². The zero-order valence-electron chi connectivity index (χ0n) is 15.0. The molecule has 0 radical (unpaired) electrons. The lowest BCUT2D eigenvalue weighted by molar-refractivity contribution is -0.118. The topological polar surface area (TPSA) is 66.8 Å². The van der Waals surface area contributed by atoms with Gasteiger partial charge in [-0.15, -0.1) is 0 Å². The van der Waals surface area contributed by atoms with Crippen LogP contribution in [0.15, 0.2) is 29.3 Å². The van der Waals surface area contributed by atoms with Crippen LogP contribution in [0.1, 0.15) is 38.5 Å². The highest BCUT2D eigenvalue weighted by Crippen LogP contribution is 2.43. The number of fused-ring (bicyclic) bond motifs is 1. The number of benzene rings is 1. The van der Waals surface area contributed by atoms with Crippen LogP contribution in [0.2, 0.25) is 5.02 Å². The van der Waals surface area contributed by atoms with Crippen LogP contribution in [0.3, 0.4) is 0 Å². The number of sulfone groups is 1. The summed E-state index contributed by atoms with van der Waals surface area (Å²) in [6.07, 6.45) is 6.31. The van der Waals surface area contributed by atoms with Crippen molar-refractivity contribution in [3.05, 3.63) is 29.3 Å². The molecule has 1 amide bonds. The maximum absolute atomic E-state index is 12.5. The van der Waals surface area contributed by atoms with Crippen molar-refractivity contribution in [1.29, 1.82) is 0 Å². The molecule has 0 N–H and O–H groups in total. The van der Waals surface area contributed by atoms with E-state index < -0.39 is 9.84 Å². The number of para-hydroxylation sites is 1. The zero-order valence-corrected chi connectivity index (χ0v) is 17.4. The molecule has 0 spiro atoms.